The lowest BCUT2D eigenvalue weighted by Gasteiger charge is -1.97. The average molecular weight is 301 g/mol. The van der Waals surface area contributed by atoms with Gasteiger partial charge in [0.25, 0.3) is 0 Å². The molecule has 0 unspecified atom stereocenters. The van der Waals surface area contributed by atoms with Crippen LogP contribution in [0.25, 0.3) is 6.08 Å². The molecule has 0 aromatic heterocycles. The monoisotopic (exact) mass is 299 g/mol. The molecule has 1 aliphatic rings. The maximum atomic E-state index is 11.4. The molecular formula is C11H7BrClNO2. The number of nitrogens with zero attached hydrogens (tertiary/aromatic N) is 1. The van der Waals surface area contributed by atoms with E-state index in [0.29, 0.717) is 11.3 Å². The molecule has 0 aliphatic carbocycles. The molecule has 0 saturated carbocycles. The predicted molar refractivity (Wildman–Crippen MR) is 66.4 cm³/mol. The molecule has 0 saturated heterocycles. The zero-order chi connectivity index (χ0) is 11.5. The van der Waals surface area contributed by atoms with E-state index in [1.807, 2.05) is 24.3 Å². The minimum Gasteiger partial charge on any atom is -0.312 e. The molecule has 0 radical (unpaired) electrons. The predicted octanol–water partition coefficient (Wildman–Crippen LogP) is 2.98. The van der Waals surface area contributed by atoms with Gasteiger partial charge in [0.15, 0.2) is 0 Å². The first-order valence-electron chi connectivity index (χ1n) is 4.52. The Hall–Kier alpha value is -1.13. The molecule has 0 amide bonds. The molecule has 0 N–H and O–H groups in total. The first-order valence-corrected chi connectivity index (χ1v) is 5.85. The number of carbonyl (C=O) groups excluding carboxylic acids is 1. The normalized spacial score (nSPS) is 17.5. The molecule has 1 aromatic carbocycles. The second-order valence-corrected chi connectivity index (χ2v) is 4.35. The Bertz CT molecular complexity index is 497. The fraction of sp³-hybridized carbons (Fsp3) is 0.0909. The maximum absolute atomic E-state index is 11.4. The third-order valence-corrected chi connectivity index (χ3v) is 2.80. The maximum Gasteiger partial charge on any atom is 0.367 e. The highest BCUT2D eigenvalue weighted by Gasteiger charge is 2.24. The van der Waals surface area contributed by atoms with Gasteiger partial charge in [0, 0.05) is 4.47 Å². The summed E-state index contributed by atoms with van der Waals surface area (Å²) in [6.45, 7) is 0. The Morgan fingerprint density at radius 3 is 3.00 bits per heavy atom. The van der Waals surface area contributed by atoms with Crippen molar-refractivity contribution in [1.82, 2.24) is 0 Å². The summed E-state index contributed by atoms with van der Waals surface area (Å²) < 4.78 is 0.942. The Balaban J connectivity index is 2.37. The summed E-state index contributed by atoms with van der Waals surface area (Å²) >= 11 is 9.01. The number of hydrogen-bond donors (Lipinski definition) is 0. The van der Waals surface area contributed by atoms with Gasteiger partial charge in [-0.3, -0.25) is 0 Å². The highest BCUT2D eigenvalue weighted by atomic mass is 79.9. The highest BCUT2D eigenvalue weighted by molar-refractivity contribution is 9.10. The lowest BCUT2D eigenvalue weighted by atomic mass is 10.1. The first-order chi connectivity index (χ1) is 7.70. The van der Waals surface area contributed by atoms with Crippen LogP contribution >= 0.6 is 27.5 Å². The van der Waals surface area contributed by atoms with Crippen LogP contribution in [0.1, 0.15) is 5.56 Å². The van der Waals surface area contributed by atoms with Gasteiger partial charge < -0.3 is 4.84 Å². The summed E-state index contributed by atoms with van der Waals surface area (Å²) in [5.74, 6) is -0.304. The number of alkyl halides is 1. The van der Waals surface area contributed by atoms with E-state index in [1.54, 1.807) is 6.08 Å². The van der Waals surface area contributed by atoms with E-state index in [0.717, 1.165) is 10.0 Å². The minimum absolute atomic E-state index is 0.158. The van der Waals surface area contributed by atoms with Gasteiger partial charge in [-0.15, -0.1) is 11.6 Å². The zero-order valence-electron chi connectivity index (χ0n) is 8.11. The fourth-order valence-corrected chi connectivity index (χ4v) is 1.92. The van der Waals surface area contributed by atoms with E-state index >= 15 is 0 Å². The van der Waals surface area contributed by atoms with Crippen LogP contribution in [0.15, 0.2) is 39.5 Å². The van der Waals surface area contributed by atoms with Crippen LogP contribution in [-0.2, 0) is 9.63 Å². The van der Waals surface area contributed by atoms with E-state index in [9.17, 15) is 4.79 Å². The number of benzene rings is 1. The van der Waals surface area contributed by atoms with Crippen LogP contribution < -0.4 is 0 Å². The number of carbonyl (C=O) groups is 1. The van der Waals surface area contributed by atoms with Gasteiger partial charge in [-0.2, -0.15) is 0 Å². The van der Waals surface area contributed by atoms with Crippen molar-refractivity contribution >= 4 is 45.3 Å². The second kappa shape index (κ2) is 4.80. The molecule has 0 atom stereocenters. The van der Waals surface area contributed by atoms with Crippen LogP contribution in [-0.4, -0.2) is 17.6 Å². The van der Waals surface area contributed by atoms with Crippen molar-refractivity contribution in [3.63, 3.8) is 0 Å². The van der Waals surface area contributed by atoms with Crippen LogP contribution in [0.5, 0.6) is 0 Å². The van der Waals surface area contributed by atoms with Crippen molar-refractivity contribution in [2.75, 3.05) is 5.88 Å². The van der Waals surface area contributed by atoms with Crippen molar-refractivity contribution < 1.29 is 9.63 Å². The molecule has 1 heterocycles. The van der Waals surface area contributed by atoms with E-state index < -0.39 is 5.97 Å². The lowest BCUT2D eigenvalue weighted by molar-refractivity contribution is -0.136. The van der Waals surface area contributed by atoms with Crippen molar-refractivity contribution in [1.29, 1.82) is 0 Å². The molecule has 2 rings (SSSR count). The van der Waals surface area contributed by atoms with Crippen LogP contribution in [0.4, 0.5) is 0 Å². The van der Waals surface area contributed by atoms with Crippen molar-refractivity contribution in [3.8, 4) is 0 Å². The third-order valence-electron chi connectivity index (χ3n) is 2.06. The summed E-state index contributed by atoms with van der Waals surface area (Å²) in [6, 6.07) is 7.57. The summed E-state index contributed by atoms with van der Waals surface area (Å²) in [6.07, 6.45) is 1.71. The van der Waals surface area contributed by atoms with Crippen LogP contribution in [0.2, 0.25) is 0 Å². The number of rotatable bonds is 2. The fourth-order valence-electron chi connectivity index (χ4n) is 1.31. The molecule has 0 spiro atoms. The van der Waals surface area contributed by atoms with Gasteiger partial charge in [0.1, 0.15) is 5.71 Å². The molecule has 16 heavy (non-hydrogen) atoms. The minimum atomic E-state index is -0.462. The van der Waals surface area contributed by atoms with Crippen LogP contribution in [0.3, 0.4) is 0 Å². The summed E-state index contributed by atoms with van der Waals surface area (Å²) in [5.41, 5.74) is 1.76. The largest absolute Gasteiger partial charge is 0.367 e. The number of halogens is 2. The van der Waals surface area contributed by atoms with E-state index in [1.165, 1.54) is 0 Å². The quantitative estimate of drug-likeness (QED) is 0.478. The van der Waals surface area contributed by atoms with Gasteiger partial charge in [-0.1, -0.05) is 33.2 Å². The Morgan fingerprint density at radius 1 is 1.50 bits per heavy atom. The average Bonchev–Trinajstić information content (AvgIpc) is 2.60. The molecular weight excluding hydrogens is 293 g/mol. The van der Waals surface area contributed by atoms with E-state index in [4.69, 9.17) is 11.6 Å². The third kappa shape index (κ3) is 2.33. The molecule has 5 heteroatoms. The summed E-state index contributed by atoms with van der Waals surface area (Å²) in [4.78, 5) is 15.9. The van der Waals surface area contributed by atoms with Gasteiger partial charge in [-0.05, 0) is 23.8 Å². The second-order valence-electron chi connectivity index (χ2n) is 3.16. The van der Waals surface area contributed by atoms with Gasteiger partial charge >= 0.3 is 5.97 Å². The van der Waals surface area contributed by atoms with Crippen molar-refractivity contribution in [3.05, 3.63) is 39.9 Å². The summed E-state index contributed by atoms with van der Waals surface area (Å²) in [7, 11) is 0. The first kappa shape index (κ1) is 11.4. The molecule has 82 valence electrons. The highest BCUT2D eigenvalue weighted by Crippen LogP contribution is 2.19. The number of oxime groups is 1. The summed E-state index contributed by atoms with van der Waals surface area (Å²) in [5, 5.41) is 3.59. The Morgan fingerprint density at radius 2 is 2.31 bits per heavy atom. The Kier molecular flexibility index (Phi) is 3.41. The topological polar surface area (TPSA) is 38.7 Å². The number of hydrogen-bond acceptors (Lipinski definition) is 3. The van der Waals surface area contributed by atoms with Gasteiger partial charge in [0.05, 0.1) is 11.5 Å². The molecule has 1 aromatic rings. The standard InChI is InChI=1S/C11H7BrClNO2/c12-8-3-1-2-7(4-8)5-9-10(6-13)14-16-11(9)15/h1-5H,6H2. The van der Waals surface area contributed by atoms with Gasteiger partial charge in [0.2, 0.25) is 0 Å². The molecule has 0 fully saturated rings. The van der Waals surface area contributed by atoms with Crippen molar-refractivity contribution in [2.45, 2.75) is 0 Å². The Labute approximate surface area is 106 Å². The van der Waals surface area contributed by atoms with Gasteiger partial charge in [-0.25, -0.2) is 4.79 Å². The molecule has 3 nitrogen and oxygen atoms in total. The SMILES string of the molecule is O=C1ON=C(CCl)C1=Cc1cccc(Br)c1. The molecule has 0 bridgehead atoms. The van der Waals surface area contributed by atoms with E-state index in [2.05, 4.69) is 25.9 Å². The van der Waals surface area contributed by atoms with Crippen molar-refractivity contribution in [2.24, 2.45) is 5.16 Å². The zero-order valence-corrected chi connectivity index (χ0v) is 10.5. The van der Waals surface area contributed by atoms with Crippen LogP contribution in [0, 0.1) is 0 Å². The lowest BCUT2D eigenvalue weighted by Crippen LogP contribution is -2.06. The smallest absolute Gasteiger partial charge is 0.312 e. The van der Waals surface area contributed by atoms with E-state index in [-0.39, 0.29) is 5.88 Å². The molecule has 1 aliphatic heterocycles.